The lowest BCUT2D eigenvalue weighted by molar-refractivity contribution is 0.519. The van der Waals surface area contributed by atoms with E-state index in [1.807, 2.05) is 0 Å². The van der Waals surface area contributed by atoms with E-state index in [1.54, 1.807) is 0 Å². The van der Waals surface area contributed by atoms with Gasteiger partial charge in [-0.1, -0.05) is 6.92 Å². The highest BCUT2D eigenvalue weighted by molar-refractivity contribution is 6.51. The summed E-state index contributed by atoms with van der Waals surface area (Å²) in [4.78, 5) is 0. The van der Waals surface area contributed by atoms with Crippen molar-refractivity contribution in [2.45, 2.75) is 24.1 Å². The van der Waals surface area contributed by atoms with Gasteiger partial charge >= 0.3 is 0 Å². The van der Waals surface area contributed by atoms with Gasteiger partial charge in [0.1, 0.15) is 4.33 Å². The monoisotopic (exact) mass is 203 g/mol. The Morgan fingerprint density at radius 1 is 1.50 bits per heavy atom. The van der Waals surface area contributed by atoms with Crippen LogP contribution in [0.1, 0.15) is 19.8 Å². The van der Waals surface area contributed by atoms with Crippen LogP contribution in [0, 0.1) is 5.41 Å². The van der Waals surface area contributed by atoms with Gasteiger partial charge in [0, 0.05) is 5.41 Å². The Morgan fingerprint density at radius 2 is 1.90 bits per heavy atom. The van der Waals surface area contributed by atoms with Crippen LogP contribution in [0.3, 0.4) is 0 Å². The molecule has 0 amide bonds. The van der Waals surface area contributed by atoms with Crippen LogP contribution < -0.4 is 5.73 Å². The van der Waals surface area contributed by atoms with Crippen molar-refractivity contribution in [1.29, 1.82) is 0 Å². The predicted octanol–water partition coefficient (Wildman–Crippen LogP) is 2.34. The van der Waals surface area contributed by atoms with Gasteiger partial charge in [0.2, 0.25) is 0 Å². The average Bonchev–Trinajstić information content (AvgIpc) is 2.07. The molecule has 1 saturated carbocycles. The molecule has 0 bridgehead atoms. The standard InChI is InChI=1S/C6H11Cl2N.ClH/c1-5(2-3-9)4-6(5,7)8;/h2-4,9H2,1H3;1H. The van der Waals surface area contributed by atoms with Gasteiger partial charge in [-0.05, 0) is 19.4 Å². The first kappa shape index (κ1) is 10.8. The maximum absolute atomic E-state index is 5.84. The molecule has 10 heavy (non-hydrogen) atoms. The van der Waals surface area contributed by atoms with Crippen LogP contribution >= 0.6 is 35.6 Å². The van der Waals surface area contributed by atoms with Crippen molar-refractivity contribution in [3.63, 3.8) is 0 Å². The third-order valence-electron chi connectivity index (χ3n) is 2.07. The van der Waals surface area contributed by atoms with Crippen LogP contribution in [0.4, 0.5) is 0 Å². The lowest BCUT2D eigenvalue weighted by atomic mass is 10.1. The molecule has 1 rings (SSSR count). The molecular formula is C6H12Cl3N. The molecule has 0 aromatic rings. The largest absolute Gasteiger partial charge is 0.330 e. The zero-order valence-corrected chi connectivity index (χ0v) is 8.19. The smallest absolute Gasteiger partial charge is 0.124 e. The van der Waals surface area contributed by atoms with Crippen molar-refractivity contribution >= 4 is 35.6 Å². The number of alkyl halides is 2. The Kier molecular flexibility index (Phi) is 3.31. The number of halogens is 3. The van der Waals surface area contributed by atoms with E-state index in [9.17, 15) is 0 Å². The fourth-order valence-electron chi connectivity index (χ4n) is 1.04. The van der Waals surface area contributed by atoms with E-state index in [2.05, 4.69) is 6.92 Å². The maximum atomic E-state index is 5.84. The third-order valence-corrected chi connectivity index (χ3v) is 3.25. The average molecular weight is 205 g/mol. The topological polar surface area (TPSA) is 26.0 Å². The second kappa shape index (κ2) is 3.06. The molecule has 2 N–H and O–H groups in total. The van der Waals surface area contributed by atoms with Crippen molar-refractivity contribution in [3.05, 3.63) is 0 Å². The van der Waals surface area contributed by atoms with Gasteiger partial charge in [0.15, 0.2) is 0 Å². The summed E-state index contributed by atoms with van der Waals surface area (Å²) in [7, 11) is 0. The molecule has 1 unspecified atom stereocenters. The van der Waals surface area contributed by atoms with Gasteiger partial charge in [-0.25, -0.2) is 0 Å². The number of hydrogen-bond acceptors (Lipinski definition) is 1. The highest BCUT2D eigenvalue weighted by Gasteiger charge is 2.61. The summed E-state index contributed by atoms with van der Waals surface area (Å²) in [5, 5.41) is 0. The first-order chi connectivity index (χ1) is 4.02. The van der Waals surface area contributed by atoms with Crippen molar-refractivity contribution in [2.75, 3.05) is 6.54 Å². The quantitative estimate of drug-likeness (QED) is 0.687. The molecule has 1 atom stereocenters. The van der Waals surface area contributed by atoms with E-state index in [4.69, 9.17) is 28.9 Å². The molecular weight excluding hydrogens is 192 g/mol. The van der Waals surface area contributed by atoms with Crippen LogP contribution in [0.2, 0.25) is 0 Å². The van der Waals surface area contributed by atoms with E-state index in [1.165, 1.54) is 0 Å². The van der Waals surface area contributed by atoms with Crippen LogP contribution in [-0.2, 0) is 0 Å². The molecule has 0 aromatic carbocycles. The number of rotatable bonds is 2. The van der Waals surface area contributed by atoms with E-state index in [-0.39, 0.29) is 17.8 Å². The Labute approximate surface area is 77.7 Å². The van der Waals surface area contributed by atoms with Crippen molar-refractivity contribution in [3.8, 4) is 0 Å². The fourth-order valence-corrected chi connectivity index (χ4v) is 1.81. The number of nitrogens with two attached hydrogens (primary N) is 1. The van der Waals surface area contributed by atoms with Crippen molar-refractivity contribution in [1.82, 2.24) is 0 Å². The fraction of sp³-hybridized carbons (Fsp3) is 1.00. The van der Waals surface area contributed by atoms with Gasteiger partial charge in [0.25, 0.3) is 0 Å². The van der Waals surface area contributed by atoms with E-state index in [0.29, 0.717) is 6.54 Å². The summed E-state index contributed by atoms with van der Waals surface area (Å²) in [6.07, 6.45) is 1.82. The van der Waals surface area contributed by atoms with Crippen molar-refractivity contribution in [2.24, 2.45) is 11.1 Å². The molecule has 1 aliphatic carbocycles. The van der Waals surface area contributed by atoms with E-state index in [0.717, 1.165) is 12.8 Å². The zero-order valence-electron chi connectivity index (χ0n) is 5.86. The molecule has 0 aromatic heterocycles. The van der Waals surface area contributed by atoms with Crippen LogP contribution in [0.15, 0.2) is 0 Å². The lowest BCUT2D eigenvalue weighted by Gasteiger charge is -2.08. The summed E-state index contributed by atoms with van der Waals surface area (Å²) in [6.45, 7) is 2.75. The molecule has 0 radical (unpaired) electrons. The van der Waals surface area contributed by atoms with Crippen LogP contribution in [0.5, 0.6) is 0 Å². The summed E-state index contributed by atoms with van der Waals surface area (Å²) < 4.78 is -0.480. The van der Waals surface area contributed by atoms with E-state index >= 15 is 0 Å². The molecule has 0 heterocycles. The van der Waals surface area contributed by atoms with Gasteiger partial charge < -0.3 is 5.73 Å². The molecule has 1 nitrogen and oxygen atoms in total. The van der Waals surface area contributed by atoms with Gasteiger partial charge in [-0.2, -0.15) is 0 Å². The van der Waals surface area contributed by atoms with Gasteiger partial charge in [-0.15, -0.1) is 35.6 Å². The highest BCUT2D eigenvalue weighted by Crippen LogP contribution is 2.65. The SMILES string of the molecule is CC1(CCN)CC1(Cl)Cl.Cl. The summed E-state index contributed by atoms with van der Waals surface area (Å²) in [6, 6.07) is 0. The molecule has 0 aliphatic heterocycles. The predicted molar refractivity (Wildman–Crippen MR) is 48.1 cm³/mol. The van der Waals surface area contributed by atoms with E-state index < -0.39 is 4.33 Å². The maximum Gasteiger partial charge on any atom is 0.124 e. The summed E-state index contributed by atoms with van der Waals surface area (Å²) >= 11 is 11.7. The first-order valence-corrected chi connectivity index (χ1v) is 3.85. The normalized spacial score (nSPS) is 34.8. The Morgan fingerprint density at radius 3 is 2.00 bits per heavy atom. The molecule has 4 heteroatoms. The van der Waals surface area contributed by atoms with Crippen LogP contribution in [-0.4, -0.2) is 10.9 Å². The summed E-state index contributed by atoms with van der Waals surface area (Å²) in [5.41, 5.74) is 5.46. The Hall–Kier alpha value is 0.830. The van der Waals surface area contributed by atoms with Crippen LogP contribution in [0.25, 0.3) is 0 Å². The lowest BCUT2D eigenvalue weighted by Crippen LogP contribution is -2.11. The molecule has 0 spiro atoms. The molecule has 0 saturated heterocycles. The minimum absolute atomic E-state index is 0. The first-order valence-electron chi connectivity index (χ1n) is 3.10. The Balaban J connectivity index is 0.000000810. The van der Waals surface area contributed by atoms with Gasteiger partial charge in [0.05, 0.1) is 0 Å². The molecule has 62 valence electrons. The third kappa shape index (κ3) is 1.70. The number of hydrogen-bond donors (Lipinski definition) is 1. The minimum Gasteiger partial charge on any atom is -0.330 e. The summed E-state index contributed by atoms with van der Waals surface area (Å²) in [5.74, 6) is 0. The van der Waals surface area contributed by atoms with Gasteiger partial charge in [-0.3, -0.25) is 0 Å². The zero-order chi connectivity index (χ0) is 7.12. The second-order valence-corrected chi connectivity index (χ2v) is 4.46. The molecule has 1 fully saturated rings. The minimum atomic E-state index is -0.480. The Bertz CT molecular complexity index is 126. The molecule has 1 aliphatic rings. The second-order valence-electron chi connectivity index (χ2n) is 2.98. The highest BCUT2D eigenvalue weighted by atomic mass is 35.5. The van der Waals surface area contributed by atoms with Crippen molar-refractivity contribution < 1.29 is 0 Å².